The number of hydrogen-bond acceptors (Lipinski definition) is 5. The summed E-state index contributed by atoms with van der Waals surface area (Å²) in [4.78, 5) is 22.8. The molecule has 0 aromatic rings. The summed E-state index contributed by atoms with van der Waals surface area (Å²) < 4.78 is 10.3. The maximum atomic E-state index is 11.5. The van der Waals surface area contributed by atoms with Crippen LogP contribution in [0.4, 0.5) is 0 Å². The fourth-order valence-electron chi connectivity index (χ4n) is 2.64. The quantitative estimate of drug-likeness (QED) is 0.765. The maximum Gasteiger partial charge on any atom is 0.335 e. The van der Waals surface area contributed by atoms with Crippen molar-refractivity contribution in [3.05, 3.63) is 11.1 Å². The Morgan fingerprint density at radius 1 is 1.37 bits per heavy atom. The van der Waals surface area contributed by atoms with Crippen LogP contribution in [0.3, 0.4) is 0 Å². The molecule has 1 saturated heterocycles. The molecule has 1 fully saturated rings. The van der Waals surface area contributed by atoms with E-state index in [9.17, 15) is 14.7 Å². The van der Waals surface area contributed by atoms with Crippen molar-refractivity contribution >= 4 is 11.9 Å². The van der Waals surface area contributed by atoms with Gasteiger partial charge in [-0.25, -0.2) is 9.59 Å². The first-order valence-electron chi connectivity index (χ1n) is 6.74. The Kier molecular flexibility index (Phi) is 3.94. The SMILES string of the molecule is CCCC1=C(CC[C@]2(C)C[C@@H](O)C(=O)O2)COC1=O. The summed E-state index contributed by atoms with van der Waals surface area (Å²) in [6.07, 6.45) is 2.20. The van der Waals surface area contributed by atoms with Crippen LogP contribution in [-0.4, -0.2) is 35.4 Å². The van der Waals surface area contributed by atoms with E-state index in [-0.39, 0.29) is 5.97 Å². The van der Waals surface area contributed by atoms with Gasteiger partial charge in [0.1, 0.15) is 12.2 Å². The van der Waals surface area contributed by atoms with E-state index in [2.05, 4.69) is 0 Å². The third kappa shape index (κ3) is 2.97. The smallest absolute Gasteiger partial charge is 0.335 e. The Hall–Kier alpha value is -1.36. The second-order valence-electron chi connectivity index (χ2n) is 5.50. The number of rotatable bonds is 5. The molecule has 2 aliphatic heterocycles. The van der Waals surface area contributed by atoms with Crippen LogP contribution in [0.25, 0.3) is 0 Å². The minimum Gasteiger partial charge on any atom is -0.458 e. The van der Waals surface area contributed by atoms with Crippen molar-refractivity contribution in [2.24, 2.45) is 0 Å². The summed E-state index contributed by atoms with van der Waals surface area (Å²) in [6.45, 7) is 4.19. The van der Waals surface area contributed by atoms with Crippen molar-refractivity contribution in [2.75, 3.05) is 6.61 Å². The molecule has 0 bridgehead atoms. The molecule has 0 aliphatic carbocycles. The third-order valence-corrected chi connectivity index (χ3v) is 3.75. The van der Waals surface area contributed by atoms with Gasteiger partial charge in [0.25, 0.3) is 0 Å². The minimum absolute atomic E-state index is 0.217. The van der Waals surface area contributed by atoms with Crippen molar-refractivity contribution in [3.63, 3.8) is 0 Å². The van der Waals surface area contributed by atoms with Crippen LogP contribution in [0.15, 0.2) is 11.1 Å². The topological polar surface area (TPSA) is 72.8 Å². The summed E-state index contributed by atoms with van der Waals surface area (Å²) >= 11 is 0. The Morgan fingerprint density at radius 2 is 2.11 bits per heavy atom. The highest BCUT2D eigenvalue weighted by atomic mass is 16.6. The van der Waals surface area contributed by atoms with Crippen LogP contribution in [0.2, 0.25) is 0 Å². The number of ether oxygens (including phenoxy) is 2. The predicted molar refractivity (Wildman–Crippen MR) is 67.2 cm³/mol. The van der Waals surface area contributed by atoms with Gasteiger partial charge >= 0.3 is 11.9 Å². The van der Waals surface area contributed by atoms with Crippen LogP contribution < -0.4 is 0 Å². The second kappa shape index (κ2) is 5.33. The molecular weight excluding hydrogens is 248 g/mol. The highest BCUT2D eigenvalue weighted by molar-refractivity contribution is 5.91. The van der Waals surface area contributed by atoms with E-state index in [1.165, 1.54) is 0 Å². The number of aliphatic hydroxyl groups excluding tert-OH is 1. The van der Waals surface area contributed by atoms with E-state index >= 15 is 0 Å². The van der Waals surface area contributed by atoms with Gasteiger partial charge in [0.15, 0.2) is 6.10 Å². The zero-order chi connectivity index (χ0) is 14.0. The number of carbonyl (C=O) groups is 2. The van der Waals surface area contributed by atoms with Crippen molar-refractivity contribution in [1.82, 2.24) is 0 Å². The van der Waals surface area contributed by atoms with Crippen LogP contribution in [0.5, 0.6) is 0 Å². The molecule has 0 unspecified atom stereocenters. The van der Waals surface area contributed by atoms with Gasteiger partial charge in [0.05, 0.1) is 0 Å². The van der Waals surface area contributed by atoms with Gasteiger partial charge in [-0.1, -0.05) is 13.3 Å². The van der Waals surface area contributed by atoms with Crippen LogP contribution in [0, 0.1) is 0 Å². The van der Waals surface area contributed by atoms with Crippen molar-refractivity contribution in [1.29, 1.82) is 0 Å². The lowest BCUT2D eigenvalue weighted by molar-refractivity contribution is -0.152. The van der Waals surface area contributed by atoms with Crippen LogP contribution in [0.1, 0.15) is 46.0 Å². The molecule has 0 aromatic carbocycles. The van der Waals surface area contributed by atoms with E-state index in [0.29, 0.717) is 25.9 Å². The van der Waals surface area contributed by atoms with Gasteiger partial charge < -0.3 is 14.6 Å². The molecule has 0 spiro atoms. The highest BCUT2D eigenvalue weighted by Crippen LogP contribution is 2.34. The first kappa shape index (κ1) is 14.1. The summed E-state index contributed by atoms with van der Waals surface area (Å²) in [5, 5.41) is 9.44. The normalized spacial score (nSPS) is 30.8. The van der Waals surface area contributed by atoms with Gasteiger partial charge in [-0.15, -0.1) is 0 Å². The zero-order valence-electron chi connectivity index (χ0n) is 11.4. The van der Waals surface area contributed by atoms with Gasteiger partial charge in [-0.2, -0.15) is 0 Å². The molecule has 0 amide bonds. The van der Waals surface area contributed by atoms with Crippen LogP contribution in [-0.2, 0) is 19.1 Å². The molecule has 0 saturated carbocycles. The first-order valence-corrected chi connectivity index (χ1v) is 6.74. The van der Waals surface area contributed by atoms with Gasteiger partial charge in [-0.05, 0) is 31.8 Å². The second-order valence-corrected chi connectivity index (χ2v) is 5.50. The molecule has 1 N–H and O–H groups in total. The monoisotopic (exact) mass is 268 g/mol. The fourth-order valence-corrected chi connectivity index (χ4v) is 2.64. The molecule has 19 heavy (non-hydrogen) atoms. The van der Waals surface area contributed by atoms with Crippen molar-refractivity contribution in [2.45, 2.75) is 57.7 Å². The lowest BCUT2D eigenvalue weighted by Gasteiger charge is -2.22. The largest absolute Gasteiger partial charge is 0.458 e. The molecule has 2 heterocycles. The molecule has 5 heteroatoms. The Balaban J connectivity index is 1.98. The summed E-state index contributed by atoms with van der Waals surface area (Å²) in [5.41, 5.74) is 1.15. The number of aliphatic hydroxyl groups is 1. The molecule has 2 aliphatic rings. The number of esters is 2. The lowest BCUT2D eigenvalue weighted by Crippen LogP contribution is -2.24. The van der Waals surface area contributed by atoms with Gasteiger partial charge in [0, 0.05) is 12.0 Å². The summed E-state index contributed by atoms with van der Waals surface area (Å²) in [7, 11) is 0. The molecule has 2 atom stereocenters. The average Bonchev–Trinajstić information content (AvgIpc) is 2.81. The van der Waals surface area contributed by atoms with Crippen LogP contribution >= 0.6 is 0 Å². The Morgan fingerprint density at radius 3 is 2.68 bits per heavy atom. The molecule has 5 nitrogen and oxygen atoms in total. The van der Waals surface area contributed by atoms with Gasteiger partial charge in [-0.3, -0.25) is 0 Å². The highest BCUT2D eigenvalue weighted by Gasteiger charge is 2.42. The standard InChI is InChI=1S/C14H20O5/c1-3-4-10-9(8-18-12(10)16)5-6-14(2)7-11(15)13(17)19-14/h11,15H,3-8H2,1-2H3/t11-,14-/m1/s1. The molecule has 2 rings (SSSR count). The zero-order valence-corrected chi connectivity index (χ0v) is 11.4. The van der Waals surface area contributed by atoms with Crippen molar-refractivity contribution in [3.8, 4) is 0 Å². The van der Waals surface area contributed by atoms with E-state index < -0.39 is 17.7 Å². The molecule has 106 valence electrons. The Labute approximate surface area is 112 Å². The Bertz CT molecular complexity index is 426. The number of carbonyl (C=O) groups excluding carboxylic acids is 2. The lowest BCUT2D eigenvalue weighted by atomic mass is 9.91. The molecule has 0 radical (unpaired) electrons. The summed E-state index contributed by atoms with van der Waals surface area (Å²) in [6, 6.07) is 0. The number of cyclic esters (lactones) is 2. The summed E-state index contributed by atoms with van der Waals surface area (Å²) in [5.74, 6) is -0.769. The van der Waals surface area contributed by atoms with Crippen molar-refractivity contribution < 1.29 is 24.2 Å². The molecule has 0 aromatic heterocycles. The first-order chi connectivity index (χ1) is 8.95. The maximum absolute atomic E-state index is 11.5. The predicted octanol–water partition coefficient (Wildman–Crippen LogP) is 1.49. The average molecular weight is 268 g/mol. The van der Waals surface area contributed by atoms with E-state index in [4.69, 9.17) is 9.47 Å². The van der Waals surface area contributed by atoms with Gasteiger partial charge in [0.2, 0.25) is 0 Å². The molecular formula is C14H20O5. The van der Waals surface area contributed by atoms with E-state index in [1.807, 2.05) is 13.8 Å². The van der Waals surface area contributed by atoms with E-state index in [0.717, 1.165) is 24.0 Å². The fraction of sp³-hybridized carbons (Fsp3) is 0.714. The number of hydrogen-bond donors (Lipinski definition) is 1. The third-order valence-electron chi connectivity index (χ3n) is 3.75. The van der Waals surface area contributed by atoms with E-state index in [1.54, 1.807) is 0 Å². The minimum atomic E-state index is -1.02.